The Morgan fingerprint density at radius 3 is 2.05 bits per heavy atom. The lowest BCUT2D eigenvalue weighted by molar-refractivity contribution is -0.371. The van der Waals surface area contributed by atoms with Crippen LogP contribution in [0.2, 0.25) is 0 Å². The van der Waals surface area contributed by atoms with Crippen molar-refractivity contribution in [1.29, 1.82) is 0 Å². The van der Waals surface area contributed by atoms with Crippen molar-refractivity contribution >= 4 is 11.8 Å². The minimum Gasteiger partial charge on any atom is -0.458 e. The Labute approximate surface area is 334 Å². The van der Waals surface area contributed by atoms with Crippen LogP contribution < -0.4 is 0 Å². The molecular formula is C41H74N2O13. The molecule has 0 spiro atoms. The number of esters is 1. The van der Waals surface area contributed by atoms with Gasteiger partial charge in [-0.2, -0.15) is 0 Å². The number of hydrogen-bond acceptors (Lipinski definition) is 15. The fraction of sp³-hybridized carbons (Fsp3) is 0.951. The van der Waals surface area contributed by atoms with Crippen molar-refractivity contribution in [2.24, 2.45) is 35.5 Å². The van der Waals surface area contributed by atoms with Crippen molar-refractivity contribution in [2.45, 2.75) is 160 Å². The smallest absolute Gasteiger partial charge is 0.311 e. The first-order chi connectivity index (χ1) is 26.0. The van der Waals surface area contributed by atoms with E-state index in [-0.39, 0.29) is 30.3 Å². The molecule has 4 rings (SSSR count). The van der Waals surface area contributed by atoms with Crippen molar-refractivity contribution in [1.82, 2.24) is 9.80 Å². The number of likely N-dealkylation sites (N-methyl/N-ethyl adjacent to an activating group) is 2. The van der Waals surface area contributed by atoms with E-state index in [1.807, 2.05) is 41.8 Å². The molecule has 3 heterocycles. The monoisotopic (exact) mass is 803 g/mol. The van der Waals surface area contributed by atoms with Crippen LogP contribution in [0.15, 0.2) is 0 Å². The first kappa shape index (κ1) is 47.3. The topological polar surface area (TPSA) is 175 Å². The highest BCUT2D eigenvalue weighted by Crippen LogP contribution is 2.51. The molecule has 15 heteroatoms. The van der Waals surface area contributed by atoms with Gasteiger partial charge in [0.2, 0.25) is 0 Å². The van der Waals surface area contributed by atoms with Gasteiger partial charge in [-0.1, -0.05) is 34.6 Å². The molecule has 15 nitrogen and oxygen atoms in total. The molecule has 56 heavy (non-hydrogen) atoms. The molecule has 0 amide bonds. The van der Waals surface area contributed by atoms with Gasteiger partial charge in [0.1, 0.15) is 29.7 Å². The second kappa shape index (κ2) is 18.5. The van der Waals surface area contributed by atoms with Crippen LogP contribution in [0, 0.1) is 35.5 Å². The van der Waals surface area contributed by atoms with Crippen LogP contribution >= 0.6 is 0 Å². The molecule has 0 aromatic carbocycles. The lowest BCUT2D eigenvalue weighted by Gasteiger charge is -2.50. The van der Waals surface area contributed by atoms with Gasteiger partial charge in [0.05, 0.1) is 35.9 Å². The van der Waals surface area contributed by atoms with Crippen LogP contribution in [-0.2, 0) is 47.5 Å². The highest BCUT2D eigenvalue weighted by molar-refractivity contribution is 5.84. The van der Waals surface area contributed by atoms with Gasteiger partial charge in [0, 0.05) is 70.6 Å². The molecule has 0 radical (unpaired) electrons. The lowest BCUT2D eigenvalue weighted by Crippen LogP contribution is -2.61. The van der Waals surface area contributed by atoms with E-state index >= 15 is 0 Å². The summed E-state index contributed by atoms with van der Waals surface area (Å²) in [4.78, 5) is 32.7. The van der Waals surface area contributed by atoms with Gasteiger partial charge in [0.15, 0.2) is 18.4 Å². The minimum atomic E-state index is -1.80. The van der Waals surface area contributed by atoms with Gasteiger partial charge >= 0.3 is 5.97 Å². The third-order valence-corrected chi connectivity index (χ3v) is 13.6. The number of aliphatic hydroxyl groups excluding tert-OH is 2. The maximum atomic E-state index is 14.2. The summed E-state index contributed by atoms with van der Waals surface area (Å²) in [5.41, 5.74) is -3.00. The van der Waals surface area contributed by atoms with Gasteiger partial charge in [-0.15, -0.1) is 0 Å². The molecule has 3 N–H and O–H groups in total. The largest absolute Gasteiger partial charge is 0.458 e. The predicted molar refractivity (Wildman–Crippen MR) is 206 cm³/mol. The van der Waals surface area contributed by atoms with Crippen molar-refractivity contribution in [3.63, 3.8) is 0 Å². The summed E-state index contributed by atoms with van der Waals surface area (Å²) in [5, 5.41) is 34.0. The van der Waals surface area contributed by atoms with Crippen LogP contribution in [0.5, 0.6) is 0 Å². The molecule has 0 aromatic rings. The maximum absolute atomic E-state index is 14.2. The number of hydrogen-bond donors (Lipinski definition) is 3. The van der Waals surface area contributed by atoms with E-state index in [2.05, 4.69) is 16.8 Å². The van der Waals surface area contributed by atoms with Gasteiger partial charge in [0.25, 0.3) is 0 Å². The molecule has 4 aliphatic rings. The number of aliphatic hydroxyl groups is 3. The fourth-order valence-corrected chi connectivity index (χ4v) is 9.50. The molecule has 0 aromatic heterocycles. The Balaban J connectivity index is 1.83. The maximum Gasteiger partial charge on any atom is 0.311 e. The molecular weight excluding hydrogens is 728 g/mol. The Kier molecular flexibility index (Phi) is 15.6. The highest BCUT2D eigenvalue weighted by Gasteiger charge is 2.70. The number of carbonyl (C=O) groups is 2. The van der Waals surface area contributed by atoms with E-state index in [0.717, 1.165) is 13.1 Å². The van der Waals surface area contributed by atoms with Crippen LogP contribution in [0.25, 0.3) is 0 Å². The number of carbonyl (C=O) groups excluding carboxylic acids is 2. The Morgan fingerprint density at radius 1 is 0.839 bits per heavy atom. The summed E-state index contributed by atoms with van der Waals surface area (Å²) < 4.78 is 50.9. The first-order valence-electron chi connectivity index (χ1n) is 20.5. The van der Waals surface area contributed by atoms with E-state index in [1.165, 1.54) is 7.11 Å². The van der Waals surface area contributed by atoms with E-state index in [1.54, 1.807) is 48.8 Å². The lowest BCUT2D eigenvalue weighted by atomic mass is 9.75. The van der Waals surface area contributed by atoms with E-state index < -0.39 is 102 Å². The van der Waals surface area contributed by atoms with Gasteiger partial charge < -0.3 is 58.1 Å². The second-order valence-corrected chi connectivity index (χ2v) is 18.1. The van der Waals surface area contributed by atoms with Crippen LogP contribution in [0.4, 0.5) is 0 Å². The zero-order valence-corrected chi connectivity index (χ0v) is 36.6. The van der Waals surface area contributed by atoms with Crippen molar-refractivity contribution in [3.8, 4) is 0 Å². The number of fused-ring (bicyclic) bond motifs is 1. The Hall–Kier alpha value is -1.34. The quantitative estimate of drug-likeness (QED) is 0.260. The standard InChI is InChI=1S/C41H74N2O13/c1-21-18-29(56-40(9,51-15)33(21)45)53-31-25(5)35(55-38-32(49-13)28(19-23(3)52-38)43(12)17-16-42(10)11)39(8,50-14)20-22(2)30(44)24(4)34(46)41(48)27(7)36(41)54-37(47)26(31)6/h21-29,31-36,38,45-46,48H,16-20H2,1-15H3/t21-,22-,23-,24+,25+,26-,27?,28+,29-,31+,32-,33+,34-,35-,36-,38+,39+,40-,41+/m1/s1. The zero-order chi connectivity index (χ0) is 42.2. The van der Waals surface area contributed by atoms with Gasteiger partial charge in [-0.05, 0) is 67.6 Å². The van der Waals surface area contributed by atoms with Gasteiger partial charge in [-0.3, -0.25) is 14.5 Å². The molecule has 3 aliphatic heterocycles. The average Bonchev–Trinajstić information content (AvgIpc) is 3.68. The number of ketones is 1. The third kappa shape index (κ3) is 9.49. The normalized spacial score (nSPS) is 48.4. The van der Waals surface area contributed by atoms with E-state index in [4.69, 9.17) is 37.9 Å². The third-order valence-electron chi connectivity index (χ3n) is 13.6. The summed E-state index contributed by atoms with van der Waals surface area (Å²) in [6.07, 6.45) is -6.65. The molecule has 1 unspecified atom stereocenters. The molecule has 1 aliphatic carbocycles. The minimum absolute atomic E-state index is 0.0605. The van der Waals surface area contributed by atoms with Crippen molar-refractivity contribution in [3.05, 3.63) is 0 Å². The summed E-state index contributed by atoms with van der Waals surface area (Å²) in [6, 6.07) is -0.0605. The van der Waals surface area contributed by atoms with Crippen molar-refractivity contribution < 1.29 is 62.8 Å². The summed E-state index contributed by atoms with van der Waals surface area (Å²) in [6.45, 7) is 17.7. The first-order valence-corrected chi connectivity index (χ1v) is 20.5. The molecule has 4 fully saturated rings. The van der Waals surface area contributed by atoms with E-state index in [0.29, 0.717) is 12.8 Å². The highest BCUT2D eigenvalue weighted by atomic mass is 16.8. The van der Waals surface area contributed by atoms with Crippen LogP contribution in [0.3, 0.4) is 0 Å². The molecule has 0 bridgehead atoms. The summed E-state index contributed by atoms with van der Waals surface area (Å²) in [5.74, 6) is -6.46. The molecule has 1 saturated carbocycles. The summed E-state index contributed by atoms with van der Waals surface area (Å²) in [7, 11) is 10.8. The second-order valence-electron chi connectivity index (χ2n) is 18.1. The Morgan fingerprint density at radius 2 is 1.48 bits per heavy atom. The van der Waals surface area contributed by atoms with Crippen molar-refractivity contribution in [2.75, 3.05) is 55.6 Å². The number of rotatable bonds is 11. The van der Waals surface area contributed by atoms with Gasteiger partial charge in [-0.25, -0.2) is 0 Å². The molecule has 19 atom stereocenters. The fourth-order valence-electron chi connectivity index (χ4n) is 9.50. The average molecular weight is 803 g/mol. The van der Waals surface area contributed by atoms with Crippen LogP contribution in [0.1, 0.15) is 81.6 Å². The molecule has 3 saturated heterocycles. The van der Waals surface area contributed by atoms with Crippen LogP contribution in [-0.4, -0.2) is 171 Å². The SMILES string of the molecule is CO[C@H]1[C@H](O[C@@H]2[C@@H](C)[C@H](O[C@H]3C[C@@H](C)[C@H](O)[C@](C)(OC)O3)[C@@H](C)C(=O)O[C@@H]3C(C)[C@]3(O)[C@H](O)[C@@H](C)C(=O)[C@H](C)C[C@]2(C)OC)O[C@H](C)C[C@@H]1N(C)CCN(C)C. The predicted octanol–water partition coefficient (Wildman–Crippen LogP) is 2.45. The number of ether oxygens (including phenoxy) is 8. The molecule has 326 valence electrons. The Bertz CT molecular complexity index is 1330. The van der Waals surface area contributed by atoms with E-state index in [9.17, 15) is 24.9 Å². The number of nitrogens with zero attached hydrogens (tertiary/aromatic N) is 2. The number of Topliss-reactive ketones (excluding diaryl/α,β-unsaturated/α-hetero) is 1. The zero-order valence-electron chi connectivity index (χ0n) is 36.6. The summed E-state index contributed by atoms with van der Waals surface area (Å²) >= 11 is 0. The number of methoxy groups -OCH3 is 3.